The highest BCUT2D eigenvalue weighted by molar-refractivity contribution is 5.86. The Bertz CT molecular complexity index is 732. The zero-order valence-electron chi connectivity index (χ0n) is 16.9. The quantitative estimate of drug-likeness (QED) is 0.406. The Morgan fingerprint density at radius 3 is 2.06 bits per heavy atom. The molecular formula is C18H25ClF5N3O4. The molecule has 13 heteroatoms. The predicted octanol–water partition coefficient (Wildman–Crippen LogP) is 1.93. The minimum atomic E-state index is -4.91. The van der Waals surface area contributed by atoms with Gasteiger partial charge in [-0.3, -0.25) is 9.59 Å². The van der Waals surface area contributed by atoms with Crippen LogP contribution >= 0.6 is 12.4 Å². The van der Waals surface area contributed by atoms with E-state index in [0.29, 0.717) is 11.3 Å². The maximum absolute atomic E-state index is 14.2. The molecule has 3 atom stereocenters. The molecule has 0 saturated heterocycles. The van der Waals surface area contributed by atoms with E-state index in [-0.39, 0.29) is 12.4 Å². The zero-order valence-corrected chi connectivity index (χ0v) is 17.7. The molecule has 178 valence electrons. The van der Waals surface area contributed by atoms with E-state index in [4.69, 9.17) is 10.5 Å². The van der Waals surface area contributed by atoms with E-state index < -0.39 is 54.6 Å². The molecular weight excluding hydrogens is 453 g/mol. The molecule has 5 N–H and O–H groups in total. The van der Waals surface area contributed by atoms with Gasteiger partial charge in [-0.1, -0.05) is 26.0 Å². The Morgan fingerprint density at radius 2 is 1.65 bits per heavy atom. The molecule has 0 aliphatic carbocycles. The molecule has 0 aliphatic heterocycles. The summed E-state index contributed by atoms with van der Waals surface area (Å²) in [6, 6.07) is 3.03. The molecule has 0 saturated carbocycles. The number of benzene rings is 1. The third-order valence-corrected chi connectivity index (χ3v) is 4.25. The molecule has 7 nitrogen and oxygen atoms in total. The van der Waals surface area contributed by atoms with Crippen molar-refractivity contribution in [1.82, 2.24) is 10.6 Å². The number of rotatable bonds is 9. The van der Waals surface area contributed by atoms with Gasteiger partial charge in [-0.25, -0.2) is 0 Å². The van der Waals surface area contributed by atoms with Gasteiger partial charge in [-0.2, -0.15) is 22.0 Å². The fourth-order valence-electron chi connectivity index (χ4n) is 2.49. The van der Waals surface area contributed by atoms with Crippen LogP contribution in [0, 0.1) is 5.92 Å². The second kappa shape index (κ2) is 11.4. The Labute approximate surface area is 181 Å². The standard InChI is InChI=1S/C18H24F5N3O4.ClH/c1-9(2)13(14(27)18(22,23)16(29)25-8-17(19,20)21)26-15(28)12(24)10-4-6-11(30-3)7-5-10;/h4-7,9,12-14,27H,8,24H2,1-3H3,(H,25,29)(H,26,28);1H/t12-,13-,14+;/m0./s1. The first-order valence-corrected chi connectivity index (χ1v) is 8.81. The van der Waals surface area contributed by atoms with Crippen LogP contribution in [0.25, 0.3) is 0 Å². The highest BCUT2D eigenvalue weighted by Crippen LogP contribution is 2.26. The summed E-state index contributed by atoms with van der Waals surface area (Å²) in [6.45, 7) is 0.753. The molecule has 0 unspecified atom stereocenters. The van der Waals surface area contributed by atoms with Crippen molar-refractivity contribution in [3.05, 3.63) is 29.8 Å². The van der Waals surface area contributed by atoms with Gasteiger partial charge in [0.2, 0.25) is 5.91 Å². The molecule has 1 aromatic rings. The van der Waals surface area contributed by atoms with Gasteiger partial charge in [-0.05, 0) is 23.6 Å². The number of halogens is 6. The summed E-state index contributed by atoms with van der Waals surface area (Å²) in [5.74, 6) is -8.16. The molecule has 0 aromatic heterocycles. The lowest BCUT2D eigenvalue weighted by atomic mass is 9.93. The number of carbonyl (C=O) groups is 2. The molecule has 0 spiro atoms. The Kier molecular flexibility index (Phi) is 10.6. The molecule has 0 heterocycles. The molecule has 2 amide bonds. The third-order valence-electron chi connectivity index (χ3n) is 4.25. The highest BCUT2D eigenvalue weighted by Gasteiger charge is 2.51. The number of amides is 2. The molecule has 0 aliphatic rings. The maximum Gasteiger partial charge on any atom is 0.405 e. The summed E-state index contributed by atoms with van der Waals surface area (Å²) in [7, 11) is 1.43. The van der Waals surface area contributed by atoms with Crippen LogP contribution in [-0.4, -0.2) is 54.8 Å². The van der Waals surface area contributed by atoms with Crippen molar-refractivity contribution in [1.29, 1.82) is 0 Å². The van der Waals surface area contributed by atoms with E-state index in [1.54, 1.807) is 0 Å². The highest BCUT2D eigenvalue weighted by atomic mass is 35.5. The number of nitrogens with two attached hydrogens (primary N) is 1. The number of methoxy groups -OCH3 is 1. The second-order valence-corrected chi connectivity index (χ2v) is 6.89. The van der Waals surface area contributed by atoms with Gasteiger partial charge in [-0.15, -0.1) is 12.4 Å². The average molecular weight is 478 g/mol. The number of hydrogen-bond acceptors (Lipinski definition) is 5. The second-order valence-electron chi connectivity index (χ2n) is 6.89. The number of aliphatic hydroxyl groups is 1. The summed E-state index contributed by atoms with van der Waals surface area (Å²) in [6.07, 6.45) is -7.70. The van der Waals surface area contributed by atoms with Crippen molar-refractivity contribution in [2.75, 3.05) is 13.7 Å². The molecule has 1 aromatic carbocycles. The summed E-state index contributed by atoms with van der Waals surface area (Å²) in [5, 5.41) is 13.2. The summed E-state index contributed by atoms with van der Waals surface area (Å²) >= 11 is 0. The van der Waals surface area contributed by atoms with Crippen LogP contribution in [-0.2, 0) is 9.59 Å². The normalized spacial score (nSPS) is 14.8. The lowest BCUT2D eigenvalue weighted by Gasteiger charge is -2.32. The molecule has 1 rings (SSSR count). The van der Waals surface area contributed by atoms with Crippen molar-refractivity contribution < 1.29 is 41.4 Å². The van der Waals surface area contributed by atoms with Gasteiger partial charge >= 0.3 is 12.1 Å². The van der Waals surface area contributed by atoms with E-state index in [0.717, 1.165) is 5.32 Å². The van der Waals surface area contributed by atoms with Crippen LogP contribution in [0.3, 0.4) is 0 Å². The zero-order chi connectivity index (χ0) is 23.3. The van der Waals surface area contributed by atoms with Crippen molar-refractivity contribution in [3.8, 4) is 5.75 Å². The number of carbonyl (C=O) groups excluding carboxylic acids is 2. The lowest BCUT2D eigenvalue weighted by Crippen LogP contribution is -2.60. The Balaban J connectivity index is 0.00000900. The number of ether oxygens (including phenoxy) is 1. The molecule has 0 bridgehead atoms. The van der Waals surface area contributed by atoms with E-state index >= 15 is 0 Å². The van der Waals surface area contributed by atoms with E-state index in [1.807, 2.05) is 0 Å². The van der Waals surface area contributed by atoms with Crippen LogP contribution in [0.2, 0.25) is 0 Å². The van der Waals surface area contributed by atoms with E-state index in [1.165, 1.54) is 45.2 Å². The van der Waals surface area contributed by atoms with Gasteiger partial charge in [0, 0.05) is 0 Å². The van der Waals surface area contributed by atoms with E-state index in [9.17, 15) is 36.6 Å². The first-order chi connectivity index (χ1) is 13.7. The smallest absolute Gasteiger partial charge is 0.405 e. The van der Waals surface area contributed by atoms with Crippen LogP contribution in [0.4, 0.5) is 22.0 Å². The monoisotopic (exact) mass is 477 g/mol. The van der Waals surface area contributed by atoms with Crippen molar-refractivity contribution in [2.24, 2.45) is 11.7 Å². The van der Waals surface area contributed by atoms with Crippen molar-refractivity contribution in [2.45, 2.75) is 44.1 Å². The van der Waals surface area contributed by atoms with Gasteiger partial charge in [0.1, 0.15) is 24.4 Å². The number of alkyl halides is 5. The fraction of sp³-hybridized carbons (Fsp3) is 0.556. The van der Waals surface area contributed by atoms with Crippen LogP contribution in [0.15, 0.2) is 24.3 Å². The van der Waals surface area contributed by atoms with Gasteiger partial charge in [0.05, 0.1) is 13.2 Å². The minimum absolute atomic E-state index is 0. The Morgan fingerprint density at radius 1 is 1.13 bits per heavy atom. The summed E-state index contributed by atoms with van der Waals surface area (Å²) in [5.41, 5.74) is 6.14. The number of hydrogen-bond donors (Lipinski definition) is 4. The summed E-state index contributed by atoms with van der Waals surface area (Å²) < 4.78 is 69.9. The van der Waals surface area contributed by atoms with Gasteiger partial charge < -0.3 is 26.2 Å². The van der Waals surface area contributed by atoms with Crippen LogP contribution < -0.4 is 21.1 Å². The van der Waals surface area contributed by atoms with Crippen molar-refractivity contribution >= 4 is 24.2 Å². The van der Waals surface area contributed by atoms with Crippen LogP contribution in [0.5, 0.6) is 5.75 Å². The van der Waals surface area contributed by atoms with Crippen LogP contribution in [0.1, 0.15) is 25.5 Å². The number of aliphatic hydroxyl groups excluding tert-OH is 1. The van der Waals surface area contributed by atoms with Gasteiger partial charge in [0.15, 0.2) is 0 Å². The molecule has 31 heavy (non-hydrogen) atoms. The minimum Gasteiger partial charge on any atom is -0.497 e. The number of nitrogens with one attached hydrogen (secondary N) is 2. The first-order valence-electron chi connectivity index (χ1n) is 8.81. The fourth-order valence-corrected chi connectivity index (χ4v) is 2.49. The molecule has 0 radical (unpaired) electrons. The maximum atomic E-state index is 14.2. The van der Waals surface area contributed by atoms with Crippen molar-refractivity contribution in [3.63, 3.8) is 0 Å². The summed E-state index contributed by atoms with van der Waals surface area (Å²) in [4.78, 5) is 23.9. The first kappa shape index (κ1) is 28.8. The lowest BCUT2D eigenvalue weighted by molar-refractivity contribution is -0.174. The molecule has 0 fully saturated rings. The average Bonchev–Trinajstić information content (AvgIpc) is 2.67. The SMILES string of the molecule is COc1ccc([C@H](N)C(=O)N[C@@H](C(C)C)[C@@H](O)C(F)(F)C(=O)NCC(F)(F)F)cc1.Cl. The Hall–Kier alpha value is -2.18. The van der Waals surface area contributed by atoms with E-state index in [2.05, 4.69) is 5.32 Å². The third kappa shape index (κ3) is 8.11. The van der Waals surface area contributed by atoms with Gasteiger partial charge in [0.25, 0.3) is 5.91 Å². The largest absolute Gasteiger partial charge is 0.497 e. The topological polar surface area (TPSA) is 114 Å². The predicted molar refractivity (Wildman–Crippen MR) is 104 cm³/mol.